The lowest BCUT2D eigenvalue weighted by atomic mass is 10.2. The summed E-state index contributed by atoms with van der Waals surface area (Å²) >= 11 is 0. The zero-order valence-corrected chi connectivity index (χ0v) is 10.7. The highest BCUT2D eigenvalue weighted by molar-refractivity contribution is 7.91. The molecule has 0 saturated carbocycles. The highest BCUT2D eigenvalue weighted by Crippen LogP contribution is 2.21. The predicted octanol–water partition coefficient (Wildman–Crippen LogP) is 1.09. The van der Waals surface area contributed by atoms with Crippen LogP contribution in [0.15, 0.2) is 29.4 Å². The van der Waals surface area contributed by atoms with E-state index in [1.807, 2.05) is 24.3 Å². The molecule has 1 saturated heterocycles. The van der Waals surface area contributed by atoms with E-state index in [0.29, 0.717) is 18.5 Å². The standard InChI is InChI=1S/C12H15N3O2S/c16-18(17,9-4-3-7-13-8-9)12-14-10-5-1-2-6-11(10)15-12/h1-2,5-6,9,13H,3-4,7-8H2,(H,14,15)/t9-/m1/s1. The van der Waals surface area contributed by atoms with Gasteiger partial charge >= 0.3 is 0 Å². The van der Waals surface area contributed by atoms with Crippen LogP contribution in [0.2, 0.25) is 0 Å². The number of aromatic amines is 1. The molecule has 6 heteroatoms. The molecule has 18 heavy (non-hydrogen) atoms. The first-order chi connectivity index (χ1) is 8.68. The van der Waals surface area contributed by atoms with Gasteiger partial charge in [-0.2, -0.15) is 0 Å². The molecule has 96 valence electrons. The van der Waals surface area contributed by atoms with Crippen LogP contribution in [0.3, 0.4) is 0 Å². The molecule has 1 atom stereocenters. The fourth-order valence-electron chi connectivity index (χ4n) is 2.31. The van der Waals surface area contributed by atoms with Gasteiger partial charge in [0.15, 0.2) is 0 Å². The molecule has 0 spiro atoms. The van der Waals surface area contributed by atoms with Gasteiger partial charge in [0.1, 0.15) is 0 Å². The maximum absolute atomic E-state index is 12.4. The molecule has 0 radical (unpaired) electrons. The van der Waals surface area contributed by atoms with Crippen molar-refractivity contribution < 1.29 is 8.42 Å². The summed E-state index contributed by atoms with van der Waals surface area (Å²) in [5, 5.41) is 2.85. The molecule has 1 aromatic heterocycles. The molecule has 0 aliphatic carbocycles. The van der Waals surface area contributed by atoms with E-state index in [1.54, 1.807) is 0 Å². The predicted molar refractivity (Wildman–Crippen MR) is 69.2 cm³/mol. The van der Waals surface area contributed by atoms with Crippen molar-refractivity contribution in [2.75, 3.05) is 13.1 Å². The summed E-state index contributed by atoms with van der Waals surface area (Å²) in [6, 6.07) is 7.35. The molecule has 1 aromatic carbocycles. The molecular formula is C12H15N3O2S. The van der Waals surface area contributed by atoms with E-state index in [9.17, 15) is 8.42 Å². The number of piperidine rings is 1. The zero-order valence-electron chi connectivity index (χ0n) is 9.89. The number of H-pyrrole nitrogens is 1. The number of fused-ring (bicyclic) bond motifs is 1. The Morgan fingerprint density at radius 1 is 1.28 bits per heavy atom. The Balaban J connectivity index is 2.01. The second-order valence-electron chi connectivity index (χ2n) is 4.57. The summed E-state index contributed by atoms with van der Waals surface area (Å²) < 4.78 is 24.8. The Kier molecular flexibility index (Phi) is 2.83. The van der Waals surface area contributed by atoms with E-state index in [0.717, 1.165) is 18.5 Å². The molecule has 1 fully saturated rings. The van der Waals surface area contributed by atoms with Gasteiger partial charge < -0.3 is 10.3 Å². The lowest BCUT2D eigenvalue weighted by Gasteiger charge is -2.21. The minimum Gasteiger partial charge on any atom is -0.329 e. The van der Waals surface area contributed by atoms with Crippen LogP contribution in [0.25, 0.3) is 11.0 Å². The van der Waals surface area contributed by atoms with Crippen molar-refractivity contribution in [3.63, 3.8) is 0 Å². The number of benzene rings is 1. The average Bonchev–Trinajstić information content (AvgIpc) is 2.84. The van der Waals surface area contributed by atoms with Gasteiger partial charge in [-0.15, -0.1) is 0 Å². The molecule has 1 aliphatic rings. The Morgan fingerprint density at radius 3 is 2.83 bits per heavy atom. The fourth-order valence-corrected chi connectivity index (χ4v) is 3.91. The highest BCUT2D eigenvalue weighted by atomic mass is 32.2. The van der Waals surface area contributed by atoms with E-state index in [-0.39, 0.29) is 10.4 Å². The summed E-state index contributed by atoms with van der Waals surface area (Å²) in [5.41, 5.74) is 1.46. The van der Waals surface area contributed by atoms with E-state index in [4.69, 9.17) is 0 Å². The Hall–Kier alpha value is -1.40. The topological polar surface area (TPSA) is 74.8 Å². The number of rotatable bonds is 2. The first-order valence-corrected chi connectivity index (χ1v) is 7.62. The number of nitrogens with one attached hydrogen (secondary N) is 2. The van der Waals surface area contributed by atoms with Crippen molar-refractivity contribution in [2.45, 2.75) is 23.2 Å². The molecule has 0 bridgehead atoms. The lowest BCUT2D eigenvalue weighted by Crippen LogP contribution is -2.39. The van der Waals surface area contributed by atoms with Gasteiger partial charge in [-0.1, -0.05) is 12.1 Å². The molecule has 3 rings (SSSR count). The number of aromatic nitrogens is 2. The number of hydrogen-bond donors (Lipinski definition) is 2. The summed E-state index contributed by atoms with van der Waals surface area (Å²) in [6.07, 6.45) is 1.59. The summed E-state index contributed by atoms with van der Waals surface area (Å²) in [6.45, 7) is 1.41. The second kappa shape index (κ2) is 4.37. The normalized spacial score (nSPS) is 21.2. The van der Waals surface area contributed by atoms with Crippen LogP contribution in [0.5, 0.6) is 0 Å². The molecule has 5 nitrogen and oxygen atoms in total. The molecular weight excluding hydrogens is 250 g/mol. The molecule has 2 N–H and O–H groups in total. The molecule has 2 heterocycles. The van der Waals surface area contributed by atoms with Crippen LogP contribution in [0.1, 0.15) is 12.8 Å². The van der Waals surface area contributed by atoms with Gasteiger partial charge in [0.2, 0.25) is 15.0 Å². The minimum atomic E-state index is -3.35. The number of hydrogen-bond acceptors (Lipinski definition) is 4. The minimum absolute atomic E-state index is 0.0948. The summed E-state index contributed by atoms with van der Waals surface area (Å²) in [5.74, 6) is 0. The number of sulfone groups is 1. The van der Waals surface area contributed by atoms with E-state index >= 15 is 0 Å². The van der Waals surface area contributed by atoms with Crippen LogP contribution in [0.4, 0.5) is 0 Å². The monoisotopic (exact) mass is 265 g/mol. The van der Waals surface area contributed by atoms with Crippen molar-refractivity contribution in [1.29, 1.82) is 0 Å². The summed E-state index contributed by atoms with van der Waals surface area (Å²) in [7, 11) is -3.35. The number of para-hydroxylation sites is 2. The van der Waals surface area contributed by atoms with Gasteiger partial charge in [0, 0.05) is 6.54 Å². The lowest BCUT2D eigenvalue weighted by molar-refractivity contribution is 0.494. The van der Waals surface area contributed by atoms with Crippen LogP contribution >= 0.6 is 0 Å². The van der Waals surface area contributed by atoms with Crippen molar-refractivity contribution in [3.8, 4) is 0 Å². The third-order valence-electron chi connectivity index (χ3n) is 3.33. The summed E-state index contributed by atoms with van der Waals surface area (Å²) in [4.78, 5) is 7.09. The maximum Gasteiger partial charge on any atom is 0.226 e. The second-order valence-corrected chi connectivity index (χ2v) is 6.72. The average molecular weight is 265 g/mol. The van der Waals surface area contributed by atoms with Crippen LogP contribution in [-0.4, -0.2) is 36.7 Å². The van der Waals surface area contributed by atoms with Gasteiger partial charge in [-0.25, -0.2) is 13.4 Å². The van der Waals surface area contributed by atoms with Gasteiger partial charge in [-0.3, -0.25) is 0 Å². The molecule has 0 amide bonds. The third kappa shape index (κ3) is 1.91. The Bertz CT molecular complexity index is 624. The molecule has 2 aromatic rings. The van der Waals surface area contributed by atoms with Gasteiger partial charge in [0.25, 0.3) is 0 Å². The van der Waals surface area contributed by atoms with E-state index in [1.165, 1.54) is 0 Å². The van der Waals surface area contributed by atoms with Crippen molar-refractivity contribution in [1.82, 2.24) is 15.3 Å². The van der Waals surface area contributed by atoms with Crippen LogP contribution < -0.4 is 5.32 Å². The zero-order chi connectivity index (χ0) is 12.6. The number of imidazole rings is 1. The third-order valence-corrected chi connectivity index (χ3v) is 5.34. The van der Waals surface area contributed by atoms with Gasteiger partial charge in [0.05, 0.1) is 16.3 Å². The van der Waals surface area contributed by atoms with Crippen molar-refractivity contribution in [3.05, 3.63) is 24.3 Å². The molecule has 0 unspecified atom stereocenters. The maximum atomic E-state index is 12.4. The largest absolute Gasteiger partial charge is 0.329 e. The molecule has 1 aliphatic heterocycles. The number of nitrogens with zero attached hydrogens (tertiary/aromatic N) is 1. The SMILES string of the molecule is O=S(=O)(c1nc2ccccc2[nH]1)[C@@H]1CCCNC1. The van der Waals surface area contributed by atoms with Crippen LogP contribution in [0, 0.1) is 0 Å². The van der Waals surface area contributed by atoms with Crippen LogP contribution in [-0.2, 0) is 9.84 Å². The highest BCUT2D eigenvalue weighted by Gasteiger charge is 2.31. The Labute approximate surface area is 106 Å². The van der Waals surface area contributed by atoms with Gasteiger partial charge in [-0.05, 0) is 31.5 Å². The van der Waals surface area contributed by atoms with Crippen molar-refractivity contribution >= 4 is 20.9 Å². The van der Waals surface area contributed by atoms with E-state index < -0.39 is 9.84 Å². The van der Waals surface area contributed by atoms with Crippen molar-refractivity contribution in [2.24, 2.45) is 0 Å². The Morgan fingerprint density at radius 2 is 2.11 bits per heavy atom. The smallest absolute Gasteiger partial charge is 0.226 e. The fraction of sp³-hybridized carbons (Fsp3) is 0.417. The van der Waals surface area contributed by atoms with E-state index in [2.05, 4.69) is 15.3 Å². The first kappa shape index (κ1) is 11.7. The quantitative estimate of drug-likeness (QED) is 0.852. The first-order valence-electron chi connectivity index (χ1n) is 6.07.